The van der Waals surface area contributed by atoms with Crippen LogP contribution in [-0.2, 0) is 10.6 Å². The number of phenolic OH excluding ortho intramolecular Hbond substituents is 1. The molecule has 0 unspecified atom stereocenters. The largest absolute Gasteiger partial charge is 0.507 e. The van der Waals surface area contributed by atoms with Gasteiger partial charge in [-0.3, -0.25) is 14.5 Å². The molecule has 6 nitrogen and oxygen atoms in total. The molecular formula is C21H20ClNO5. The first kappa shape index (κ1) is 18.9. The van der Waals surface area contributed by atoms with Gasteiger partial charge in [-0.15, -0.1) is 11.6 Å². The van der Waals surface area contributed by atoms with Gasteiger partial charge in [0.2, 0.25) is 5.78 Å². The minimum absolute atomic E-state index is 0.000112. The van der Waals surface area contributed by atoms with Crippen LogP contribution in [0.2, 0.25) is 0 Å². The molecule has 0 aromatic heterocycles. The highest BCUT2D eigenvalue weighted by Crippen LogP contribution is 2.38. The summed E-state index contributed by atoms with van der Waals surface area (Å²) in [6.45, 7) is 4.18. The lowest BCUT2D eigenvalue weighted by Gasteiger charge is -2.27. The summed E-state index contributed by atoms with van der Waals surface area (Å²) >= 11 is 5.84. The van der Waals surface area contributed by atoms with Crippen molar-refractivity contribution >= 4 is 23.2 Å². The molecule has 4 rings (SSSR count). The summed E-state index contributed by atoms with van der Waals surface area (Å²) in [5.41, 5.74) is 1.09. The van der Waals surface area contributed by atoms with E-state index >= 15 is 0 Å². The van der Waals surface area contributed by atoms with Crippen molar-refractivity contribution in [2.24, 2.45) is 0 Å². The van der Waals surface area contributed by atoms with E-state index in [2.05, 4.69) is 4.90 Å². The molecule has 0 bridgehead atoms. The molecule has 0 atom stereocenters. The number of alkyl halides is 1. The number of phenols is 1. The van der Waals surface area contributed by atoms with Gasteiger partial charge >= 0.3 is 0 Å². The quantitative estimate of drug-likeness (QED) is 0.662. The molecule has 1 saturated heterocycles. The Morgan fingerprint density at radius 2 is 1.79 bits per heavy atom. The van der Waals surface area contributed by atoms with Crippen LogP contribution in [-0.4, -0.2) is 61.0 Å². The second-order valence-corrected chi connectivity index (χ2v) is 7.04. The van der Waals surface area contributed by atoms with Crippen molar-refractivity contribution < 1.29 is 24.2 Å². The molecule has 1 heterocycles. The van der Waals surface area contributed by atoms with Gasteiger partial charge in [0.25, 0.3) is 0 Å². The Kier molecular flexibility index (Phi) is 5.35. The highest BCUT2D eigenvalue weighted by atomic mass is 35.5. The summed E-state index contributed by atoms with van der Waals surface area (Å²) in [6.07, 6.45) is 0. The minimum Gasteiger partial charge on any atom is -0.507 e. The van der Waals surface area contributed by atoms with Crippen molar-refractivity contribution in [3.8, 4) is 11.5 Å². The van der Waals surface area contributed by atoms with Gasteiger partial charge in [-0.2, -0.15) is 0 Å². The molecule has 28 heavy (non-hydrogen) atoms. The van der Waals surface area contributed by atoms with Crippen molar-refractivity contribution in [1.82, 2.24) is 4.90 Å². The maximum Gasteiger partial charge on any atom is 0.201 e. The van der Waals surface area contributed by atoms with Crippen LogP contribution in [0.5, 0.6) is 11.5 Å². The Morgan fingerprint density at radius 1 is 1.04 bits per heavy atom. The summed E-state index contributed by atoms with van der Waals surface area (Å²) in [5.74, 6) is -0.564. The maximum absolute atomic E-state index is 13.2. The fraction of sp³-hybridized carbons (Fsp3) is 0.333. The normalized spacial score (nSPS) is 16.6. The van der Waals surface area contributed by atoms with Crippen LogP contribution in [0.1, 0.15) is 37.4 Å². The van der Waals surface area contributed by atoms with Crippen LogP contribution < -0.4 is 4.74 Å². The summed E-state index contributed by atoms with van der Waals surface area (Å²) < 4.78 is 11.2. The highest BCUT2D eigenvalue weighted by molar-refractivity contribution is 6.30. The third-order valence-electron chi connectivity index (χ3n) is 5.14. The number of nitrogens with zero attached hydrogens (tertiary/aromatic N) is 1. The number of halogens is 1. The number of morpholine rings is 1. The molecule has 1 aliphatic heterocycles. The van der Waals surface area contributed by atoms with E-state index in [4.69, 9.17) is 21.1 Å². The van der Waals surface area contributed by atoms with E-state index in [0.717, 1.165) is 13.1 Å². The molecule has 146 valence electrons. The van der Waals surface area contributed by atoms with E-state index in [1.165, 1.54) is 0 Å². The second kappa shape index (κ2) is 7.91. The zero-order chi connectivity index (χ0) is 19.7. The van der Waals surface area contributed by atoms with E-state index < -0.39 is 5.78 Å². The van der Waals surface area contributed by atoms with Gasteiger partial charge in [0, 0.05) is 36.3 Å². The lowest BCUT2D eigenvalue weighted by molar-refractivity contribution is 0.0322. The molecule has 7 heteroatoms. The maximum atomic E-state index is 13.2. The van der Waals surface area contributed by atoms with Gasteiger partial charge in [0.15, 0.2) is 5.78 Å². The third kappa shape index (κ3) is 3.28. The lowest BCUT2D eigenvalue weighted by atomic mass is 9.82. The van der Waals surface area contributed by atoms with Crippen molar-refractivity contribution in [1.29, 1.82) is 0 Å². The Balaban J connectivity index is 1.63. The molecule has 2 aromatic rings. The van der Waals surface area contributed by atoms with E-state index in [9.17, 15) is 14.7 Å². The molecule has 0 amide bonds. The molecule has 1 fully saturated rings. The van der Waals surface area contributed by atoms with Crippen LogP contribution in [0.25, 0.3) is 0 Å². The zero-order valence-electron chi connectivity index (χ0n) is 15.2. The van der Waals surface area contributed by atoms with Gasteiger partial charge in [0.1, 0.15) is 18.1 Å². The third-order valence-corrected chi connectivity index (χ3v) is 5.43. The van der Waals surface area contributed by atoms with E-state index in [-0.39, 0.29) is 34.1 Å². The van der Waals surface area contributed by atoms with Crippen LogP contribution >= 0.6 is 11.6 Å². The summed E-state index contributed by atoms with van der Waals surface area (Å²) in [4.78, 5) is 28.3. The molecular weight excluding hydrogens is 382 g/mol. The van der Waals surface area contributed by atoms with E-state index in [1.807, 2.05) is 0 Å². The van der Waals surface area contributed by atoms with Crippen molar-refractivity contribution in [2.75, 3.05) is 39.5 Å². The monoisotopic (exact) mass is 401 g/mol. The van der Waals surface area contributed by atoms with Crippen molar-refractivity contribution in [3.05, 3.63) is 58.1 Å². The van der Waals surface area contributed by atoms with Crippen LogP contribution in [0.3, 0.4) is 0 Å². The molecule has 2 aromatic carbocycles. The molecule has 2 aliphatic rings. The summed E-state index contributed by atoms with van der Waals surface area (Å²) in [7, 11) is 0. The Bertz CT molecular complexity index is 937. The number of hydrogen-bond donors (Lipinski definition) is 1. The number of carbonyl (C=O) groups is 2. The standard InChI is InChI=1S/C21H20ClNO5/c22-12-13-4-5-15-18(19(13)24)21(26)17-14(20(15)25)2-1-3-16(17)28-11-8-23-6-9-27-10-7-23/h1-5,24H,6-12H2. The topological polar surface area (TPSA) is 76.1 Å². The van der Waals surface area contributed by atoms with Gasteiger partial charge in [0.05, 0.1) is 30.2 Å². The lowest BCUT2D eigenvalue weighted by Crippen LogP contribution is -2.38. The number of benzene rings is 2. The first-order chi connectivity index (χ1) is 13.6. The van der Waals surface area contributed by atoms with Crippen LogP contribution in [0.4, 0.5) is 0 Å². The van der Waals surface area contributed by atoms with E-state index in [1.54, 1.807) is 30.3 Å². The first-order valence-corrected chi connectivity index (χ1v) is 9.71. The van der Waals surface area contributed by atoms with Crippen molar-refractivity contribution in [3.63, 3.8) is 0 Å². The Hall–Kier alpha value is -2.41. The average molecular weight is 402 g/mol. The number of aromatic hydroxyl groups is 1. The van der Waals surface area contributed by atoms with Crippen LogP contribution in [0.15, 0.2) is 30.3 Å². The fourth-order valence-electron chi connectivity index (χ4n) is 3.62. The predicted octanol–water partition coefficient (Wildman–Crippen LogP) is 2.62. The first-order valence-electron chi connectivity index (χ1n) is 9.18. The minimum atomic E-state index is -0.420. The number of ketones is 2. The summed E-state index contributed by atoms with van der Waals surface area (Å²) in [5, 5.41) is 10.5. The van der Waals surface area contributed by atoms with Gasteiger partial charge < -0.3 is 14.6 Å². The highest BCUT2D eigenvalue weighted by Gasteiger charge is 2.35. The smallest absolute Gasteiger partial charge is 0.201 e. The number of carbonyl (C=O) groups excluding carboxylic acids is 2. The van der Waals surface area contributed by atoms with Gasteiger partial charge in [-0.1, -0.05) is 18.2 Å². The molecule has 0 spiro atoms. The van der Waals surface area contributed by atoms with Crippen LogP contribution in [0, 0.1) is 0 Å². The van der Waals surface area contributed by atoms with Gasteiger partial charge in [-0.05, 0) is 12.1 Å². The van der Waals surface area contributed by atoms with E-state index in [0.29, 0.717) is 43.2 Å². The average Bonchev–Trinajstić information content (AvgIpc) is 2.72. The SMILES string of the molecule is O=C1c2cccc(OCCN3CCOCC3)c2C(=O)c2c1ccc(CCl)c2O. The number of rotatable bonds is 5. The number of hydrogen-bond acceptors (Lipinski definition) is 6. The fourth-order valence-corrected chi connectivity index (χ4v) is 3.83. The summed E-state index contributed by atoms with van der Waals surface area (Å²) in [6, 6.07) is 8.10. The second-order valence-electron chi connectivity index (χ2n) is 6.77. The molecule has 0 saturated carbocycles. The molecule has 1 N–H and O–H groups in total. The Labute approximate surface area is 167 Å². The number of fused-ring (bicyclic) bond motifs is 2. The zero-order valence-corrected chi connectivity index (χ0v) is 16.0. The molecule has 0 radical (unpaired) electrons. The predicted molar refractivity (Wildman–Crippen MR) is 104 cm³/mol. The van der Waals surface area contributed by atoms with Gasteiger partial charge in [-0.25, -0.2) is 0 Å². The van der Waals surface area contributed by atoms with Crippen molar-refractivity contribution in [2.45, 2.75) is 5.88 Å². The molecule has 1 aliphatic carbocycles. The Morgan fingerprint density at radius 3 is 2.54 bits per heavy atom. The number of ether oxygens (including phenoxy) is 2.